The van der Waals surface area contributed by atoms with E-state index in [1.807, 2.05) is 19.9 Å². The van der Waals surface area contributed by atoms with Crippen LogP contribution in [0, 0.1) is 31.1 Å². The minimum atomic E-state index is -0.331. The first-order chi connectivity index (χ1) is 12.0. The number of carbonyl (C=O) groups is 2. The molecule has 0 radical (unpaired) electrons. The summed E-state index contributed by atoms with van der Waals surface area (Å²) in [6, 6.07) is 1.94. The molecule has 0 bridgehead atoms. The number of carbonyl (C=O) groups excluding carboxylic acids is 2. The van der Waals surface area contributed by atoms with E-state index in [9.17, 15) is 14.9 Å². The van der Waals surface area contributed by atoms with E-state index >= 15 is 0 Å². The normalized spacial score (nSPS) is 15.6. The molecule has 1 amide bonds. The van der Waals surface area contributed by atoms with Crippen molar-refractivity contribution in [3.63, 3.8) is 0 Å². The van der Waals surface area contributed by atoms with Crippen LogP contribution in [0.2, 0.25) is 0 Å². The number of nitriles is 1. The second-order valence-corrected chi connectivity index (χ2v) is 7.00. The Balaban J connectivity index is 1.95. The van der Waals surface area contributed by atoms with Gasteiger partial charge in [0.25, 0.3) is 5.91 Å². The van der Waals surface area contributed by atoms with Crippen LogP contribution in [0.4, 0.5) is 5.13 Å². The average Bonchev–Trinajstić information content (AvgIpc) is 2.93. The molecule has 25 heavy (non-hydrogen) atoms. The van der Waals surface area contributed by atoms with Crippen molar-refractivity contribution < 1.29 is 14.3 Å². The zero-order valence-corrected chi connectivity index (χ0v) is 15.5. The standard InChI is InChI=1S/C17H22N4O3S/c1-4-24-16(23)13-5-7-21(8-6-13)15(22)14(9-18)10-19-17-20-11(2)12(3)25-17/h10,13H,4-8H2,1-3H3,(H,19,20)/b14-10-. The summed E-state index contributed by atoms with van der Waals surface area (Å²) in [5.41, 5.74) is 0.951. The Morgan fingerprint density at radius 2 is 2.12 bits per heavy atom. The molecule has 1 aliphatic heterocycles. The van der Waals surface area contributed by atoms with E-state index in [0.717, 1.165) is 10.6 Å². The van der Waals surface area contributed by atoms with Gasteiger partial charge >= 0.3 is 5.97 Å². The first kappa shape index (κ1) is 18.9. The lowest BCUT2D eigenvalue weighted by molar-refractivity contribution is -0.150. The number of nitrogens with one attached hydrogen (secondary N) is 1. The monoisotopic (exact) mass is 362 g/mol. The van der Waals surface area contributed by atoms with Gasteiger partial charge in [-0.15, -0.1) is 11.3 Å². The van der Waals surface area contributed by atoms with Crippen LogP contribution in [-0.2, 0) is 14.3 Å². The number of piperidine rings is 1. The Kier molecular flexibility index (Phi) is 6.53. The minimum Gasteiger partial charge on any atom is -0.466 e. The van der Waals surface area contributed by atoms with Gasteiger partial charge in [-0.05, 0) is 33.6 Å². The fraction of sp³-hybridized carbons (Fsp3) is 0.529. The number of thiazole rings is 1. The lowest BCUT2D eigenvalue weighted by atomic mass is 9.96. The van der Waals surface area contributed by atoms with Gasteiger partial charge in [0.1, 0.15) is 11.6 Å². The third kappa shape index (κ3) is 4.79. The molecular weight excluding hydrogens is 340 g/mol. The molecule has 1 aromatic heterocycles. The van der Waals surface area contributed by atoms with Crippen LogP contribution in [0.1, 0.15) is 30.3 Å². The maximum atomic E-state index is 12.5. The Hall–Kier alpha value is -2.40. The number of ether oxygens (including phenoxy) is 1. The van der Waals surface area contributed by atoms with Crippen molar-refractivity contribution in [2.24, 2.45) is 5.92 Å². The number of esters is 1. The fourth-order valence-corrected chi connectivity index (χ4v) is 3.34. The second kappa shape index (κ2) is 8.62. The molecule has 8 heteroatoms. The third-order valence-electron chi connectivity index (χ3n) is 4.12. The predicted molar refractivity (Wildman–Crippen MR) is 94.8 cm³/mol. The van der Waals surface area contributed by atoms with E-state index in [1.54, 1.807) is 11.8 Å². The van der Waals surface area contributed by atoms with Gasteiger partial charge in [0.2, 0.25) is 0 Å². The summed E-state index contributed by atoms with van der Waals surface area (Å²) in [5.74, 6) is -0.706. The molecule has 7 nitrogen and oxygen atoms in total. The van der Waals surface area contributed by atoms with Crippen molar-refractivity contribution in [2.45, 2.75) is 33.6 Å². The van der Waals surface area contributed by atoms with Gasteiger partial charge in [0.05, 0.1) is 18.2 Å². The maximum absolute atomic E-state index is 12.5. The molecule has 0 aliphatic carbocycles. The number of aryl methyl sites for hydroxylation is 2. The molecule has 2 rings (SSSR count). The van der Waals surface area contributed by atoms with Crippen LogP contribution in [0.15, 0.2) is 11.8 Å². The highest BCUT2D eigenvalue weighted by Crippen LogP contribution is 2.22. The highest BCUT2D eigenvalue weighted by atomic mass is 32.1. The molecule has 0 saturated carbocycles. The predicted octanol–water partition coefficient (Wildman–Crippen LogP) is 2.38. The van der Waals surface area contributed by atoms with Gasteiger partial charge < -0.3 is 15.0 Å². The largest absolute Gasteiger partial charge is 0.466 e. The van der Waals surface area contributed by atoms with E-state index in [-0.39, 0.29) is 23.4 Å². The van der Waals surface area contributed by atoms with Crippen LogP contribution in [0.25, 0.3) is 0 Å². The number of nitrogens with zero attached hydrogens (tertiary/aromatic N) is 3. The number of likely N-dealkylation sites (tertiary alicyclic amines) is 1. The molecule has 134 valence electrons. The number of rotatable bonds is 5. The van der Waals surface area contributed by atoms with Gasteiger partial charge in [0.15, 0.2) is 5.13 Å². The number of aromatic nitrogens is 1. The van der Waals surface area contributed by atoms with Crippen molar-refractivity contribution in [3.8, 4) is 6.07 Å². The van der Waals surface area contributed by atoms with Gasteiger partial charge in [-0.25, -0.2) is 4.98 Å². The molecule has 1 fully saturated rings. The Morgan fingerprint density at radius 1 is 1.44 bits per heavy atom. The number of anilines is 1. The highest BCUT2D eigenvalue weighted by molar-refractivity contribution is 7.15. The Bertz CT molecular complexity index is 692. The van der Waals surface area contributed by atoms with E-state index in [1.165, 1.54) is 17.5 Å². The molecule has 0 spiro atoms. The minimum absolute atomic E-state index is 0.0279. The van der Waals surface area contributed by atoms with E-state index in [4.69, 9.17) is 4.74 Å². The zero-order valence-electron chi connectivity index (χ0n) is 14.7. The van der Waals surface area contributed by atoms with Crippen LogP contribution in [0.3, 0.4) is 0 Å². The third-order valence-corrected chi connectivity index (χ3v) is 5.13. The van der Waals surface area contributed by atoms with Gasteiger partial charge in [-0.1, -0.05) is 0 Å². The number of hydrogen-bond acceptors (Lipinski definition) is 7. The Morgan fingerprint density at radius 3 is 2.64 bits per heavy atom. The SMILES string of the molecule is CCOC(=O)C1CCN(C(=O)/C(C#N)=C\Nc2nc(C)c(C)s2)CC1. The number of amides is 1. The highest BCUT2D eigenvalue weighted by Gasteiger charge is 2.29. The van der Waals surface area contributed by atoms with Gasteiger partial charge in [0, 0.05) is 24.2 Å². The summed E-state index contributed by atoms with van der Waals surface area (Å²) in [7, 11) is 0. The molecule has 0 unspecified atom stereocenters. The maximum Gasteiger partial charge on any atom is 0.309 e. The number of hydrogen-bond donors (Lipinski definition) is 1. The molecule has 0 aromatic carbocycles. The summed E-state index contributed by atoms with van der Waals surface area (Å²) < 4.78 is 5.02. The lowest BCUT2D eigenvalue weighted by Crippen LogP contribution is -2.41. The molecule has 0 atom stereocenters. The van der Waals surface area contributed by atoms with Crippen LogP contribution < -0.4 is 5.32 Å². The molecular formula is C17H22N4O3S. The average molecular weight is 362 g/mol. The summed E-state index contributed by atoms with van der Waals surface area (Å²) in [5, 5.41) is 12.9. The van der Waals surface area contributed by atoms with E-state index in [2.05, 4.69) is 10.3 Å². The smallest absolute Gasteiger partial charge is 0.309 e. The topological polar surface area (TPSA) is 95.3 Å². The molecule has 1 aromatic rings. The summed E-state index contributed by atoms with van der Waals surface area (Å²) in [6.45, 7) is 6.89. The second-order valence-electron chi connectivity index (χ2n) is 5.79. The molecule has 2 heterocycles. The van der Waals surface area contributed by atoms with Crippen molar-refractivity contribution in [1.29, 1.82) is 5.26 Å². The summed E-state index contributed by atoms with van der Waals surface area (Å²) in [4.78, 5) is 31.2. The fourth-order valence-electron chi connectivity index (χ4n) is 2.56. The van der Waals surface area contributed by atoms with Crippen LogP contribution >= 0.6 is 11.3 Å². The molecule has 1 saturated heterocycles. The van der Waals surface area contributed by atoms with Gasteiger partial charge in [-0.3, -0.25) is 9.59 Å². The van der Waals surface area contributed by atoms with Crippen LogP contribution in [-0.4, -0.2) is 41.5 Å². The van der Waals surface area contributed by atoms with E-state index in [0.29, 0.717) is 37.7 Å². The van der Waals surface area contributed by atoms with Crippen molar-refractivity contribution in [2.75, 3.05) is 25.0 Å². The first-order valence-corrected chi connectivity index (χ1v) is 9.04. The lowest BCUT2D eigenvalue weighted by Gasteiger charge is -2.30. The quantitative estimate of drug-likeness (QED) is 0.491. The van der Waals surface area contributed by atoms with Gasteiger partial charge in [-0.2, -0.15) is 5.26 Å². The molecule has 1 aliphatic rings. The zero-order chi connectivity index (χ0) is 18.4. The van der Waals surface area contributed by atoms with Crippen molar-refractivity contribution >= 4 is 28.3 Å². The molecule has 1 N–H and O–H groups in total. The Labute approximate surface area is 151 Å². The first-order valence-electron chi connectivity index (χ1n) is 8.23. The van der Waals surface area contributed by atoms with Crippen molar-refractivity contribution in [1.82, 2.24) is 9.88 Å². The van der Waals surface area contributed by atoms with Crippen LogP contribution in [0.5, 0.6) is 0 Å². The summed E-state index contributed by atoms with van der Waals surface area (Å²) in [6.07, 6.45) is 2.51. The summed E-state index contributed by atoms with van der Waals surface area (Å²) >= 11 is 1.47. The van der Waals surface area contributed by atoms with Crippen molar-refractivity contribution in [3.05, 3.63) is 22.3 Å². The van der Waals surface area contributed by atoms with E-state index < -0.39 is 0 Å².